The summed E-state index contributed by atoms with van der Waals surface area (Å²) in [5.74, 6) is 0. The topological polar surface area (TPSA) is 40.2 Å². The first-order chi connectivity index (χ1) is 9.41. The predicted molar refractivity (Wildman–Crippen MR) is 83.1 cm³/mol. The van der Waals surface area contributed by atoms with Crippen molar-refractivity contribution in [3.05, 3.63) is 11.4 Å². The van der Waals surface area contributed by atoms with Crippen LogP contribution >= 0.6 is 0 Å². The summed E-state index contributed by atoms with van der Waals surface area (Å²) in [6.45, 7) is 15.4. The number of hydrogen-bond donors (Lipinski definition) is 1. The van der Waals surface area contributed by atoms with Crippen LogP contribution in [0.15, 0.2) is 0 Å². The summed E-state index contributed by atoms with van der Waals surface area (Å²) in [5.41, 5.74) is 0.755. The first-order valence-electron chi connectivity index (χ1n) is 7.84. The van der Waals surface area contributed by atoms with Gasteiger partial charge in [0.1, 0.15) is 0 Å². The second-order valence-corrected chi connectivity index (χ2v) is 7.46. The highest BCUT2D eigenvalue weighted by Gasteiger charge is 2.40. The summed E-state index contributed by atoms with van der Waals surface area (Å²) >= 11 is 0. The van der Waals surface area contributed by atoms with E-state index in [1.54, 1.807) is 0 Å². The summed E-state index contributed by atoms with van der Waals surface area (Å²) in [5, 5.41) is 12.2. The molecule has 0 spiro atoms. The molecule has 1 aliphatic rings. The van der Waals surface area contributed by atoms with Crippen LogP contribution < -0.4 is 5.32 Å². The molecule has 2 unspecified atom stereocenters. The third kappa shape index (κ3) is 5.93. The highest BCUT2D eigenvalue weighted by Crippen LogP contribution is 2.48. The van der Waals surface area contributed by atoms with Gasteiger partial charge in [0.05, 0.1) is 12.6 Å². The Morgan fingerprint density at radius 2 is 2.05 bits per heavy atom. The van der Waals surface area contributed by atoms with E-state index in [0.29, 0.717) is 29.8 Å². The van der Waals surface area contributed by atoms with Crippen molar-refractivity contribution in [3.8, 4) is 6.07 Å². The van der Waals surface area contributed by atoms with E-state index >= 15 is 0 Å². The van der Waals surface area contributed by atoms with Crippen LogP contribution in [0.4, 0.5) is 0 Å². The van der Waals surface area contributed by atoms with Crippen LogP contribution in [-0.2, 0) is 0 Å². The molecular formula is C17H29N3. The summed E-state index contributed by atoms with van der Waals surface area (Å²) in [6.07, 6.45) is 7.79. The Morgan fingerprint density at radius 1 is 1.30 bits per heavy atom. The predicted octanol–water partition coefficient (Wildman–Crippen LogP) is 4.16. The molecule has 0 aromatic heterocycles. The van der Waals surface area contributed by atoms with Crippen LogP contribution in [0.2, 0.25) is 0 Å². The van der Waals surface area contributed by atoms with Gasteiger partial charge in [0, 0.05) is 12.5 Å². The molecule has 0 radical (unpaired) electrons. The van der Waals surface area contributed by atoms with E-state index in [4.69, 9.17) is 11.8 Å². The van der Waals surface area contributed by atoms with E-state index in [9.17, 15) is 0 Å². The molecule has 0 aromatic rings. The zero-order valence-electron chi connectivity index (χ0n) is 13.3. The Morgan fingerprint density at radius 3 is 2.70 bits per heavy atom. The largest absolute Gasteiger partial charge is 0.316 e. The van der Waals surface area contributed by atoms with E-state index in [0.717, 1.165) is 19.4 Å². The minimum Gasteiger partial charge on any atom is -0.316 e. The molecule has 20 heavy (non-hydrogen) atoms. The molecular weight excluding hydrogens is 246 g/mol. The first-order valence-corrected chi connectivity index (χ1v) is 7.84. The minimum absolute atomic E-state index is 0.373. The maximum absolute atomic E-state index is 8.63. The fourth-order valence-electron chi connectivity index (χ4n) is 4.05. The number of unbranched alkanes of at least 4 members (excludes halogenated alkanes) is 2. The van der Waals surface area contributed by atoms with Crippen molar-refractivity contribution in [2.75, 3.05) is 13.1 Å². The van der Waals surface area contributed by atoms with E-state index in [2.05, 4.69) is 37.0 Å². The Balaban J connectivity index is 2.52. The van der Waals surface area contributed by atoms with Gasteiger partial charge in [0.2, 0.25) is 6.54 Å². The van der Waals surface area contributed by atoms with Gasteiger partial charge in [0.15, 0.2) is 0 Å². The quantitative estimate of drug-likeness (QED) is 0.559. The third-order valence-electron chi connectivity index (χ3n) is 4.42. The highest BCUT2D eigenvalue weighted by atomic mass is 14.9. The zero-order chi connectivity index (χ0) is 15.1. The van der Waals surface area contributed by atoms with Crippen LogP contribution in [0.25, 0.3) is 4.85 Å². The Labute approximate surface area is 124 Å². The molecule has 0 heterocycles. The molecule has 1 rings (SSSR count). The molecule has 112 valence electrons. The smallest absolute Gasteiger partial charge is 0.226 e. The molecule has 1 aliphatic carbocycles. The second-order valence-electron chi connectivity index (χ2n) is 7.46. The van der Waals surface area contributed by atoms with Gasteiger partial charge in [-0.15, -0.1) is 0 Å². The van der Waals surface area contributed by atoms with Crippen LogP contribution in [0.3, 0.4) is 0 Å². The molecule has 0 bridgehead atoms. The van der Waals surface area contributed by atoms with Gasteiger partial charge in [-0.3, -0.25) is 0 Å². The number of hydrogen-bond acceptors (Lipinski definition) is 2. The van der Waals surface area contributed by atoms with Crippen molar-refractivity contribution < 1.29 is 0 Å². The average Bonchev–Trinajstić information content (AvgIpc) is 2.33. The zero-order valence-corrected chi connectivity index (χ0v) is 13.3. The van der Waals surface area contributed by atoms with Gasteiger partial charge in [0.25, 0.3) is 0 Å². The summed E-state index contributed by atoms with van der Waals surface area (Å²) in [6, 6.07) is 2.78. The average molecular weight is 275 g/mol. The van der Waals surface area contributed by atoms with Gasteiger partial charge < -0.3 is 10.2 Å². The van der Waals surface area contributed by atoms with E-state index in [1.165, 1.54) is 25.7 Å². The van der Waals surface area contributed by atoms with Gasteiger partial charge in [-0.05, 0) is 42.9 Å². The maximum Gasteiger partial charge on any atom is 0.226 e. The highest BCUT2D eigenvalue weighted by molar-refractivity contribution is 4.94. The van der Waals surface area contributed by atoms with Gasteiger partial charge >= 0.3 is 0 Å². The molecule has 0 aliphatic heterocycles. The Bertz CT molecular complexity index is 375. The number of nitriles is 1. The van der Waals surface area contributed by atoms with Crippen molar-refractivity contribution in [2.45, 2.75) is 71.8 Å². The van der Waals surface area contributed by atoms with Crippen LogP contribution in [0.1, 0.15) is 65.7 Å². The Hall–Kier alpha value is -1.06. The van der Waals surface area contributed by atoms with E-state index in [1.807, 2.05) is 0 Å². The Kier molecular flexibility index (Phi) is 6.50. The normalized spacial score (nSPS) is 28.6. The lowest BCUT2D eigenvalue weighted by molar-refractivity contribution is 0.0624. The lowest BCUT2D eigenvalue weighted by Gasteiger charge is -2.47. The number of nitrogens with one attached hydrogen (secondary N) is 1. The molecule has 1 N–H and O–H groups in total. The van der Waals surface area contributed by atoms with Gasteiger partial charge in [-0.1, -0.05) is 27.2 Å². The summed E-state index contributed by atoms with van der Waals surface area (Å²) in [4.78, 5) is 3.42. The van der Waals surface area contributed by atoms with Crippen molar-refractivity contribution >= 4 is 0 Å². The molecule has 3 nitrogen and oxygen atoms in total. The molecule has 1 saturated carbocycles. The van der Waals surface area contributed by atoms with Crippen LogP contribution in [-0.4, -0.2) is 19.1 Å². The summed E-state index contributed by atoms with van der Waals surface area (Å²) < 4.78 is 0. The minimum atomic E-state index is 0.373. The van der Waals surface area contributed by atoms with Crippen molar-refractivity contribution in [2.24, 2.45) is 10.8 Å². The van der Waals surface area contributed by atoms with Gasteiger partial charge in [-0.2, -0.15) is 5.26 Å². The van der Waals surface area contributed by atoms with Crippen LogP contribution in [0, 0.1) is 28.7 Å². The summed E-state index contributed by atoms with van der Waals surface area (Å²) in [7, 11) is 0. The molecule has 3 heteroatoms. The molecule has 1 fully saturated rings. The first kappa shape index (κ1) is 17.0. The fraction of sp³-hybridized carbons (Fsp3) is 0.882. The lowest BCUT2D eigenvalue weighted by atomic mass is 9.61. The van der Waals surface area contributed by atoms with Crippen LogP contribution in [0.5, 0.6) is 0 Å². The lowest BCUT2D eigenvalue weighted by Crippen LogP contribution is -2.45. The molecule has 0 aromatic carbocycles. The molecule has 2 atom stereocenters. The number of rotatable bonds is 7. The maximum atomic E-state index is 8.63. The molecule has 0 amide bonds. The van der Waals surface area contributed by atoms with Gasteiger partial charge in [-0.25, -0.2) is 6.57 Å². The van der Waals surface area contributed by atoms with E-state index < -0.39 is 0 Å². The van der Waals surface area contributed by atoms with Crippen molar-refractivity contribution in [1.82, 2.24) is 5.32 Å². The third-order valence-corrected chi connectivity index (χ3v) is 4.42. The number of nitrogens with zero attached hydrogens (tertiary/aromatic N) is 2. The fourth-order valence-corrected chi connectivity index (χ4v) is 4.05. The van der Waals surface area contributed by atoms with Crippen molar-refractivity contribution in [1.29, 1.82) is 5.26 Å². The second kappa shape index (κ2) is 7.65. The van der Waals surface area contributed by atoms with Crippen molar-refractivity contribution in [3.63, 3.8) is 0 Å². The monoisotopic (exact) mass is 275 g/mol. The van der Waals surface area contributed by atoms with E-state index in [-0.39, 0.29) is 0 Å². The standard InChI is InChI=1S/C17H29N3/c1-16(2)12-15(20-11-10-19-4)13-17(3,14-16)8-6-5-7-9-18/h15,20H,5-8,10-14H2,1-3H3. The SMILES string of the molecule is [C-]#[N+]CCNC1CC(C)(C)CC(C)(CCCCC#N)C1. The molecule has 0 saturated heterocycles.